The summed E-state index contributed by atoms with van der Waals surface area (Å²) in [4.78, 5) is 43.9. The number of hydrogen-bond donors (Lipinski definition) is 2. The van der Waals surface area contributed by atoms with Gasteiger partial charge >= 0.3 is 17.9 Å². The van der Waals surface area contributed by atoms with Crippen LogP contribution in [0.1, 0.15) is 45.4 Å². The van der Waals surface area contributed by atoms with Gasteiger partial charge < -0.3 is 19.9 Å². The number of methoxy groups -OCH3 is 2. The highest BCUT2D eigenvalue weighted by molar-refractivity contribution is 5.90. The van der Waals surface area contributed by atoms with Gasteiger partial charge in [0.1, 0.15) is 0 Å². The van der Waals surface area contributed by atoms with Gasteiger partial charge in [-0.15, -0.1) is 0 Å². The van der Waals surface area contributed by atoms with Crippen LogP contribution >= 0.6 is 0 Å². The predicted octanol–water partition coefficient (Wildman–Crippen LogP) is 1.37. The van der Waals surface area contributed by atoms with E-state index in [2.05, 4.69) is 21.7 Å². The second-order valence-corrected chi connectivity index (χ2v) is 7.75. The minimum atomic E-state index is -0.907. The maximum atomic E-state index is 11.9. The van der Waals surface area contributed by atoms with Gasteiger partial charge in [0.05, 0.1) is 37.9 Å². The fourth-order valence-electron chi connectivity index (χ4n) is 3.49. The van der Waals surface area contributed by atoms with Crippen LogP contribution in [0.15, 0.2) is 0 Å². The van der Waals surface area contributed by atoms with Crippen LogP contribution in [0.3, 0.4) is 0 Å². The number of hydrogen-bond acceptors (Lipinski definition) is 6. The van der Waals surface area contributed by atoms with Gasteiger partial charge in [0, 0.05) is 6.04 Å². The molecule has 8 heteroatoms. The summed E-state index contributed by atoms with van der Waals surface area (Å²) in [5.74, 6) is -1.95. The third-order valence-electron chi connectivity index (χ3n) is 5.60. The van der Waals surface area contributed by atoms with E-state index in [1.165, 1.54) is 27.1 Å². The van der Waals surface area contributed by atoms with Crippen LogP contribution in [0.2, 0.25) is 0 Å². The van der Waals surface area contributed by atoms with Crippen molar-refractivity contribution in [3.63, 3.8) is 0 Å². The van der Waals surface area contributed by atoms with Crippen molar-refractivity contribution < 1.29 is 33.8 Å². The Balaban J connectivity index is 0.000000223. The van der Waals surface area contributed by atoms with Crippen molar-refractivity contribution in [1.29, 1.82) is 0 Å². The molecule has 0 aromatic rings. The summed E-state index contributed by atoms with van der Waals surface area (Å²) in [6, 6.07) is 0.317. The lowest BCUT2D eigenvalue weighted by molar-refractivity contribution is -0.146. The predicted molar refractivity (Wildman–Crippen MR) is 94.4 cm³/mol. The van der Waals surface area contributed by atoms with Crippen molar-refractivity contribution in [2.75, 3.05) is 14.2 Å². The first-order chi connectivity index (χ1) is 12.8. The number of nitrogens with one attached hydrogen (secondary N) is 1. The Morgan fingerprint density at radius 3 is 1.74 bits per heavy atom. The lowest BCUT2D eigenvalue weighted by atomic mass is 9.87. The summed E-state index contributed by atoms with van der Waals surface area (Å²) in [5, 5.41) is 11.4. The van der Waals surface area contributed by atoms with Crippen LogP contribution in [0.25, 0.3) is 0 Å². The molecule has 152 valence electrons. The van der Waals surface area contributed by atoms with E-state index >= 15 is 0 Å². The number of carbonyl (C=O) groups excluding carboxylic acids is 3. The first-order valence-electron chi connectivity index (χ1n) is 9.47. The SMILES string of the molecule is COC(=O)[C@@H]1C[C@H]1C(=O)NC1CCC(C)CC1.COC(=O)[C@@H]1C[C@H]1C(=O)O. The summed E-state index contributed by atoms with van der Waals surface area (Å²) in [6.07, 6.45) is 5.61. The van der Waals surface area contributed by atoms with Gasteiger partial charge in [0.2, 0.25) is 5.91 Å². The van der Waals surface area contributed by atoms with E-state index in [0.717, 1.165) is 18.8 Å². The molecule has 0 radical (unpaired) electrons. The Hall–Kier alpha value is -2.12. The van der Waals surface area contributed by atoms with Gasteiger partial charge in [-0.2, -0.15) is 0 Å². The van der Waals surface area contributed by atoms with Gasteiger partial charge in [-0.3, -0.25) is 19.2 Å². The Morgan fingerprint density at radius 2 is 1.30 bits per heavy atom. The summed E-state index contributed by atoms with van der Waals surface area (Å²) >= 11 is 0. The number of carboxylic acid groups (broad SMARTS) is 1. The molecule has 0 spiro atoms. The molecule has 0 heterocycles. The molecule has 3 aliphatic carbocycles. The second-order valence-electron chi connectivity index (χ2n) is 7.75. The molecule has 1 amide bonds. The molecule has 0 aliphatic heterocycles. The van der Waals surface area contributed by atoms with Crippen LogP contribution in [0.4, 0.5) is 0 Å². The molecular formula is C19H29NO7. The number of carboxylic acids is 1. The third-order valence-corrected chi connectivity index (χ3v) is 5.60. The number of aliphatic carboxylic acids is 1. The topological polar surface area (TPSA) is 119 Å². The summed E-state index contributed by atoms with van der Waals surface area (Å²) in [5.41, 5.74) is 0. The monoisotopic (exact) mass is 383 g/mol. The fraction of sp³-hybridized carbons (Fsp3) is 0.789. The maximum Gasteiger partial charge on any atom is 0.309 e. The molecule has 0 aromatic heterocycles. The van der Waals surface area contributed by atoms with E-state index in [1.807, 2.05) is 0 Å². The van der Waals surface area contributed by atoms with Crippen molar-refractivity contribution in [3.05, 3.63) is 0 Å². The van der Waals surface area contributed by atoms with Crippen LogP contribution in [0, 0.1) is 29.6 Å². The Kier molecular flexibility index (Phi) is 7.21. The maximum absolute atomic E-state index is 11.9. The first-order valence-corrected chi connectivity index (χ1v) is 9.47. The first kappa shape index (κ1) is 21.2. The highest BCUT2D eigenvalue weighted by Crippen LogP contribution is 2.40. The fourth-order valence-corrected chi connectivity index (χ4v) is 3.49. The summed E-state index contributed by atoms with van der Waals surface area (Å²) in [6.45, 7) is 2.26. The smallest absolute Gasteiger partial charge is 0.309 e. The Bertz CT molecular complexity index is 583. The minimum absolute atomic E-state index is 0.0416. The second kappa shape index (κ2) is 9.19. The van der Waals surface area contributed by atoms with Gasteiger partial charge in [-0.05, 0) is 44.4 Å². The Morgan fingerprint density at radius 1 is 0.815 bits per heavy atom. The van der Waals surface area contributed by atoms with E-state index < -0.39 is 17.9 Å². The normalized spacial score (nSPS) is 33.6. The highest BCUT2D eigenvalue weighted by Gasteiger charge is 2.50. The molecule has 27 heavy (non-hydrogen) atoms. The van der Waals surface area contributed by atoms with E-state index in [9.17, 15) is 19.2 Å². The van der Waals surface area contributed by atoms with Crippen LogP contribution in [-0.2, 0) is 28.7 Å². The van der Waals surface area contributed by atoms with E-state index in [0.29, 0.717) is 18.9 Å². The van der Waals surface area contributed by atoms with Gasteiger partial charge in [0.25, 0.3) is 0 Å². The molecule has 0 saturated heterocycles. The van der Waals surface area contributed by atoms with E-state index in [-0.39, 0.29) is 29.6 Å². The molecule has 2 N–H and O–H groups in total. The van der Waals surface area contributed by atoms with Crippen molar-refractivity contribution in [1.82, 2.24) is 5.32 Å². The zero-order valence-corrected chi connectivity index (χ0v) is 16.1. The van der Waals surface area contributed by atoms with Gasteiger partial charge in [-0.25, -0.2) is 0 Å². The molecule has 8 nitrogen and oxygen atoms in total. The van der Waals surface area contributed by atoms with Crippen molar-refractivity contribution in [2.45, 2.75) is 51.5 Å². The molecule has 0 aromatic carbocycles. The molecule has 0 unspecified atom stereocenters. The molecule has 3 saturated carbocycles. The molecule has 0 bridgehead atoms. The van der Waals surface area contributed by atoms with E-state index in [4.69, 9.17) is 5.11 Å². The Labute approximate surface area is 159 Å². The summed E-state index contributed by atoms with van der Waals surface area (Å²) in [7, 11) is 2.64. The van der Waals surface area contributed by atoms with Gasteiger partial charge in [-0.1, -0.05) is 6.92 Å². The average Bonchev–Trinajstić information content (AvgIpc) is 3.55. The van der Waals surface area contributed by atoms with Crippen molar-refractivity contribution in [2.24, 2.45) is 29.6 Å². The largest absolute Gasteiger partial charge is 0.481 e. The van der Waals surface area contributed by atoms with Crippen LogP contribution in [0.5, 0.6) is 0 Å². The summed E-state index contributed by atoms with van der Waals surface area (Å²) < 4.78 is 8.99. The molecule has 3 rings (SSSR count). The molecule has 3 fully saturated rings. The quantitative estimate of drug-likeness (QED) is 0.688. The van der Waals surface area contributed by atoms with Crippen molar-refractivity contribution in [3.8, 4) is 0 Å². The zero-order valence-electron chi connectivity index (χ0n) is 16.1. The standard InChI is InChI=1S/C13H21NO3.C6H8O4/c1-8-3-5-9(6-4-8)14-12(15)10-7-11(10)13(16)17-2;1-10-6(9)4-2-3(4)5(7)8/h8-11H,3-7H2,1-2H3,(H,14,15);3-4H,2H2,1H3,(H,7,8)/t8?,9?,10-,11-;3-,4-/m11/s1. The zero-order chi connectivity index (χ0) is 20.1. The third kappa shape index (κ3) is 5.94. The number of amides is 1. The molecule has 4 atom stereocenters. The lowest BCUT2D eigenvalue weighted by Gasteiger charge is -2.26. The van der Waals surface area contributed by atoms with Crippen LogP contribution < -0.4 is 5.32 Å². The van der Waals surface area contributed by atoms with Crippen LogP contribution in [-0.4, -0.2) is 49.2 Å². The molecule has 3 aliphatic rings. The number of rotatable bonds is 5. The van der Waals surface area contributed by atoms with E-state index in [1.54, 1.807) is 0 Å². The van der Waals surface area contributed by atoms with Crippen molar-refractivity contribution >= 4 is 23.8 Å². The number of esters is 2. The highest BCUT2D eigenvalue weighted by atomic mass is 16.5. The number of ether oxygens (including phenoxy) is 2. The number of carbonyl (C=O) groups is 4. The minimum Gasteiger partial charge on any atom is -0.481 e. The van der Waals surface area contributed by atoms with Gasteiger partial charge in [0.15, 0.2) is 0 Å². The average molecular weight is 383 g/mol. The lowest BCUT2D eigenvalue weighted by Crippen LogP contribution is -2.38. The molecular weight excluding hydrogens is 354 g/mol.